The number of β-lactam (4-membered cyclic amide) rings is 1. The second kappa shape index (κ2) is 7.54. The lowest BCUT2D eigenvalue weighted by molar-refractivity contribution is -0.163. The SMILES string of the molecule is CC(O)C1C(=O)N2C(C(=O)O)=C(SC3CN(c4nc(C(=O)N(C)C)cs4)C3)[C@H](C)C12. The van der Waals surface area contributed by atoms with Crippen molar-refractivity contribution in [3.8, 4) is 0 Å². The normalized spacial score (nSPS) is 27.0. The fourth-order valence-corrected chi connectivity index (χ4v) is 6.60. The molecule has 1 aromatic rings. The number of carbonyl (C=O) groups excluding carboxylic acids is 2. The lowest BCUT2D eigenvalue weighted by Gasteiger charge is -2.46. The first-order chi connectivity index (χ1) is 14.1. The van der Waals surface area contributed by atoms with Gasteiger partial charge in [0.25, 0.3) is 5.91 Å². The lowest BCUT2D eigenvalue weighted by Crippen LogP contribution is -2.63. The van der Waals surface area contributed by atoms with Gasteiger partial charge in [-0.1, -0.05) is 6.92 Å². The van der Waals surface area contributed by atoms with E-state index in [2.05, 4.69) is 9.88 Å². The third-order valence-electron chi connectivity index (χ3n) is 5.84. The minimum Gasteiger partial charge on any atom is -0.477 e. The van der Waals surface area contributed by atoms with E-state index in [-0.39, 0.29) is 34.7 Å². The molecule has 2 amide bonds. The number of rotatable bonds is 6. The van der Waals surface area contributed by atoms with E-state index in [1.54, 1.807) is 26.4 Å². The van der Waals surface area contributed by atoms with Gasteiger partial charge in [0.05, 0.1) is 18.1 Å². The molecule has 1 aromatic heterocycles. The van der Waals surface area contributed by atoms with E-state index >= 15 is 0 Å². The maximum Gasteiger partial charge on any atom is 0.353 e. The maximum atomic E-state index is 12.4. The van der Waals surface area contributed by atoms with Crippen molar-refractivity contribution in [1.82, 2.24) is 14.8 Å². The Kier molecular flexibility index (Phi) is 5.31. The van der Waals surface area contributed by atoms with Gasteiger partial charge in [0.15, 0.2) is 5.13 Å². The number of carboxylic acids is 1. The van der Waals surface area contributed by atoms with Gasteiger partial charge in [0.2, 0.25) is 5.91 Å². The predicted molar refractivity (Wildman–Crippen MR) is 113 cm³/mol. The first-order valence-corrected chi connectivity index (χ1v) is 11.4. The fraction of sp³-hybridized carbons (Fsp3) is 0.579. The zero-order chi connectivity index (χ0) is 21.9. The number of nitrogens with zero attached hydrogens (tertiary/aromatic N) is 4. The highest BCUT2D eigenvalue weighted by molar-refractivity contribution is 8.03. The van der Waals surface area contributed by atoms with Crippen molar-refractivity contribution in [2.75, 3.05) is 32.1 Å². The van der Waals surface area contributed by atoms with Crippen LogP contribution in [0, 0.1) is 11.8 Å². The first-order valence-electron chi connectivity index (χ1n) is 9.69. The van der Waals surface area contributed by atoms with Crippen molar-refractivity contribution in [1.29, 1.82) is 0 Å². The van der Waals surface area contributed by atoms with Crippen LogP contribution in [-0.4, -0.2) is 87.4 Å². The number of aliphatic hydroxyl groups is 1. The number of aliphatic hydroxyl groups excluding tert-OH is 1. The first kappa shape index (κ1) is 21.1. The van der Waals surface area contributed by atoms with Gasteiger partial charge in [-0.3, -0.25) is 9.59 Å². The van der Waals surface area contributed by atoms with Crippen molar-refractivity contribution >= 4 is 46.0 Å². The molecule has 0 saturated carbocycles. The summed E-state index contributed by atoms with van der Waals surface area (Å²) in [5.41, 5.74) is 0.481. The van der Waals surface area contributed by atoms with Crippen molar-refractivity contribution in [3.63, 3.8) is 0 Å². The third-order valence-corrected chi connectivity index (χ3v) is 8.19. The van der Waals surface area contributed by atoms with E-state index in [1.807, 2.05) is 6.92 Å². The summed E-state index contributed by atoms with van der Waals surface area (Å²) in [6.07, 6.45) is -0.802. The topological polar surface area (TPSA) is 114 Å². The summed E-state index contributed by atoms with van der Waals surface area (Å²) < 4.78 is 0. The Morgan fingerprint density at radius 1 is 1.37 bits per heavy atom. The summed E-state index contributed by atoms with van der Waals surface area (Å²) in [7, 11) is 3.37. The molecule has 4 atom stereocenters. The van der Waals surface area contributed by atoms with Crippen LogP contribution in [0.2, 0.25) is 0 Å². The Bertz CT molecular complexity index is 937. The standard InChI is InChI=1S/C19H24N4O5S2/c1-8-13-12(9(2)24)17(26)23(13)14(18(27)28)15(8)30-10-5-22(6-10)19-20-11(7-29-19)16(25)21(3)4/h7-10,12-13,24H,5-6H2,1-4H3,(H,27,28)/t8-,9?,12?,13?/m1/s1. The third kappa shape index (κ3) is 3.19. The quantitative estimate of drug-likeness (QED) is 0.613. The van der Waals surface area contributed by atoms with Crippen LogP contribution in [-0.2, 0) is 9.59 Å². The largest absolute Gasteiger partial charge is 0.477 e. The van der Waals surface area contributed by atoms with E-state index in [0.717, 1.165) is 5.13 Å². The van der Waals surface area contributed by atoms with Gasteiger partial charge < -0.3 is 24.9 Å². The molecule has 162 valence electrons. The van der Waals surface area contributed by atoms with Gasteiger partial charge in [-0.05, 0) is 6.92 Å². The van der Waals surface area contributed by atoms with E-state index in [4.69, 9.17) is 0 Å². The van der Waals surface area contributed by atoms with Crippen LogP contribution >= 0.6 is 23.1 Å². The molecule has 11 heteroatoms. The lowest BCUT2D eigenvalue weighted by atomic mass is 9.79. The van der Waals surface area contributed by atoms with Gasteiger partial charge in [0, 0.05) is 48.6 Å². The van der Waals surface area contributed by atoms with Crippen LogP contribution in [0.25, 0.3) is 0 Å². The van der Waals surface area contributed by atoms with Crippen LogP contribution in [0.1, 0.15) is 24.3 Å². The Hall–Kier alpha value is -2.11. The summed E-state index contributed by atoms with van der Waals surface area (Å²) in [6, 6.07) is -0.291. The zero-order valence-electron chi connectivity index (χ0n) is 17.1. The maximum absolute atomic E-state index is 12.4. The summed E-state index contributed by atoms with van der Waals surface area (Å²) >= 11 is 2.92. The number of carbonyl (C=O) groups is 3. The number of hydrogen-bond acceptors (Lipinski definition) is 8. The van der Waals surface area contributed by atoms with Gasteiger partial charge >= 0.3 is 5.97 Å². The van der Waals surface area contributed by atoms with Crippen molar-refractivity contribution < 1.29 is 24.6 Å². The van der Waals surface area contributed by atoms with Gasteiger partial charge in [0.1, 0.15) is 11.4 Å². The van der Waals surface area contributed by atoms with Crippen molar-refractivity contribution in [2.45, 2.75) is 31.2 Å². The molecular weight excluding hydrogens is 428 g/mol. The van der Waals surface area contributed by atoms with Crippen LogP contribution < -0.4 is 4.90 Å². The fourth-order valence-electron chi connectivity index (χ4n) is 4.26. The van der Waals surface area contributed by atoms with Gasteiger partial charge in [-0.25, -0.2) is 9.78 Å². The molecule has 0 bridgehead atoms. The van der Waals surface area contributed by atoms with Gasteiger partial charge in [-0.2, -0.15) is 0 Å². The Morgan fingerprint density at radius 3 is 2.60 bits per heavy atom. The van der Waals surface area contributed by atoms with Crippen LogP contribution in [0.15, 0.2) is 16.0 Å². The number of thioether (sulfide) groups is 1. The molecule has 3 aliphatic rings. The minimum absolute atomic E-state index is 0.0611. The van der Waals surface area contributed by atoms with Crippen LogP contribution in [0.5, 0.6) is 0 Å². The highest BCUT2D eigenvalue weighted by Crippen LogP contribution is 2.52. The van der Waals surface area contributed by atoms with E-state index in [1.165, 1.54) is 32.9 Å². The number of hydrogen-bond donors (Lipinski definition) is 2. The Morgan fingerprint density at radius 2 is 2.03 bits per heavy atom. The van der Waals surface area contributed by atoms with Crippen molar-refractivity contribution in [2.24, 2.45) is 11.8 Å². The molecule has 3 aliphatic heterocycles. The second-order valence-electron chi connectivity index (χ2n) is 8.13. The number of amides is 2. The zero-order valence-corrected chi connectivity index (χ0v) is 18.7. The van der Waals surface area contributed by atoms with Crippen LogP contribution in [0.3, 0.4) is 0 Å². The molecule has 0 aliphatic carbocycles. The molecule has 4 rings (SSSR count). The molecule has 0 spiro atoms. The van der Waals surface area contributed by atoms with E-state index in [0.29, 0.717) is 23.7 Å². The number of carboxylic acid groups (broad SMARTS) is 1. The summed E-state index contributed by atoms with van der Waals surface area (Å²) in [4.78, 5) is 46.3. The number of aromatic nitrogens is 1. The Labute approximate surface area is 182 Å². The highest BCUT2D eigenvalue weighted by atomic mass is 32.2. The molecule has 2 fully saturated rings. The number of thiazole rings is 1. The molecule has 0 radical (unpaired) electrons. The molecule has 2 N–H and O–H groups in total. The molecule has 3 unspecified atom stereocenters. The average Bonchev–Trinajstić information content (AvgIpc) is 3.19. The second-order valence-corrected chi connectivity index (χ2v) is 10.3. The average molecular weight is 453 g/mol. The molecule has 4 heterocycles. The van der Waals surface area contributed by atoms with E-state index < -0.39 is 18.0 Å². The van der Waals surface area contributed by atoms with E-state index in [9.17, 15) is 24.6 Å². The summed E-state index contributed by atoms with van der Waals surface area (Å²) in [5.74, 6) is -2.23. The highest BCUT2D eigenvalue weighted by Gasteiger charge is 2.60. The summed E-state index contributed by atoms with van der Waals surface area (Å²) in [5, 5.41) is 22.3. The van der Waals surface area contributed by atoms with Gasteiger partial charge in [-0.15, -0.1) is 23.1 Å². The monoisotopic (exact) mass is 452 g/mol. The molecule has 30 heavy (non-hydrogen) atoms. The molecular formula is C19H24N4O5S2. The molecule has 9 nitrogen and oxygen atoms in total. The summed E-state index contributed by atoms with van der Waals surface area (Å²) in [6.45, 7) is 4.88. The molecule has 2 saturated heterocycles. The number of aliphatic carboxylic acids is 1. The number of anilines is 1. The smallest absolute Gasteiger partial charge is 0.353 e. The van der Waals surface area contributed by atoms with Crippen LogP contribution in [0.4, 0.5) is 5.13 Å². The Balaban J connectivity index is 1.44. The molecule has 0 aromatic carbocycles. The number of fused-ring (bicyclic) bond motifs is 1. The minimum atomic E-state index is -1.10. The predicted octanol–water partition coefficient (Wildman–Crippen LogP) is 0.920. The van der Waals surface area contributed by atoms with Crippen molar-refractivity contribution in [3.05, 3.63) is 21.7 Å².